The van der Waals surface area contributed by atoms with Crippen LogP contribution in [0.5, 0.6) is 0 Å². The van der Waals surface area contributed by atoms with Gasteiger partial charge in [0.1, 0.15) is 0 Å². The zero-order valence-corrected chi connectivity index (χ0v) is 12.6. The summed E-state index contributed by atoms with van der Waals surface area (Å²) in [4.78, 5) is 0. The molecule has 1 aliphatic heterocycles. The van der Waals surface area contributed by atoms with Crippen molar-refractivity contribution in [3.05, 3.63) is 40.7 Å². The number of aromatic amines is 1. The van der Waals surface area contributed by atoms with Crippen molar-refractivity contribution in [1.29, 1.82) is 0 Å². The Morgan fingerprint density at radius 2 is 1.70 bits per heavy atom. The van der Waals surface area contributed by atoms with Crippen LogP contribution in [0.1, 0.15) is 41.1 Å². The summed E-state index contributed by atoms with van der Waals surface area (Å²) >= 11 is 0. The molecule has 3 nitrogen and oxygen atoms in total. The highest BCUT2D eigenvalue weighted by atomic mass is 15.1. The summed E-state index contributed by atoms with van der Waals surface area (Å²) in [6, 6.07) is 4.53. The highest BCUT2D eigenvalue weighted by Gasteiger charge is 2.22. The van der Waals surface area contributed by atoms with Gasteiger partial charge >= 0.3 is 0 Å². The fourth-order valence-corrected chi connectivity index (χ4v) is 3.52. The van der Waals surface area contributed by atoms with Crippen LogP contribution in [0.3, 0.4) is 0 Å². The van der Waals surface area contributed by atoms with E-state index < -0.39 is 0 Å². The van der Waals surface area contributed by atoms with Crippen molar-refractivity contribution >= 4 is 0 Å². The lowest BCUT2D eigenvalue weighted by molar-refractivity contribution is 0.453. The van der Waals surface area contributed by atoms with Gasteiger partial charge in [-0.15, -0.1) is 0 Å². The second kappa shape index (κ2) is 5.41. The Morgan fingerprint density at radius 1 is 1.05 bits per heavy atom. The molecule has 0 saturated carbocycles. The molecule has 2 N–H and O–H groups in total. The molecule has 1 aromatic carbocycles. The van der Waals surface area contributed by atoms with Crippen molar-refractivity contribution in [2.45, 2.75) is 39.5 Å². The third-order valence-corrected chi connectivity index (χ3v) is 4.36. The molecule has 2 heterocycles. The number of piperidine rings is 1. The average Bonchev–Trinajstić information content (AvgIpc) is 2.87. The Kier molecular flexibility index (Phi) is 3.62. The molecule has 1 saturated heterocycles. The minimum absolute atomic E-state index is 0.605. The van der Waals surface area contributed by atoms with E-state index in [1.165, 1.54) is 46.4 Å². The second-order valence-corrected chi connectivity index (χ2v) is 6.00. The summed E-state index contributed by atoms with van der Waals surface area (Å²) in [5.74, 6) is 0.605. The molecule has 0 aliphatic carbocycles. The Balaban J connectivity index is 2.05. The summed E-state index contributed by atoms with van der Waals surface area (Å²) in [6.07, 6.45) is 4.39. The van der Waals surface area contributed by atoms with Crippen LogP contribution in [0.2, 0.25) is 0 Å². The number of aryl methyl sites for hydroxylation is 3. The molecule has 3 rings (SSSR count). The van der Waals surface area contributed by atoms with E-state index in [2.05, 4.69) is 48.4 Å². The number of hydrogen-bond donors (Lipinski definition) is 2. The minimum atomic E-state index is 0.605. The molecule has 1 aromatic heterocycles. The van der Waals surface area contributed by atoms with Crippen molar-refractivity contribution in [3.8, 4) is 11.1 Å². The van der Waals surface area contributed by atoms with Crippen LogP contribution in [0.15, 0.2) is 18.3 Å². The molecule has 0 atom stereocenters. The Bertz CT molecular complexity index is 583. The van der Waals surface area contributed by atoms with E-state index in [1.54, 1.807) is 0 Å². The van der Waals surface area contributed by atoms with E-state index in [1.807, 2.05) is 6.20 Å². The lowest BCUT2D eigenvalue weighted by Crippen LogP contribution is -2.27. The molecule has 0 amide bonds. The van der Waals surface area contributed by atoms with E-state index in [-0.39, 0.29) is 0 Å². The van der Waals surface area contributed by atoms with Crippen LogP contribution < -0.4 is 5.32 Å². The molecular formula is C17H23N3. The molecule has 0 radical (unpaired) electrons. The number of rotatable bonds is 2. The zero-order valence-electron chi connectivity index (χ0n) is 12.6. The zero-order chi connectivity index (χ0) is 14.1. The summed E-state index contributed by atoms with van der Waals surface area (Å²) < 4.78 is 0. The van der Waals surface area contributed by atoms with Gasteiger partial charge in [-0.3, -0.25) is 5.10 Å². The second-order valence-electron chi connectivity index (χ2n) is 6.00. The van der Waals surface area contributed by atoms with Gasteiger partial charge in [0.15, 0.2) is 0 Å². The fraction of sp³-hybridized carbons (Fsp3) is 0.471. The third-order valence-electron chi connectivity index (χ3n) is 4.36. The fourth-order valence-electron chi connectivity index (χ4n) is 3.52. The Labute approximate surface area is 120 Å². The summed E-state index contributed by atoms with van der Waals surface area (Å²) in [5.41, 5.74) is 8.00. The van der Waals surface area contributed by atoms with Crippen LogP contribution in [0.25, 0.3) is 11.1 Å². The average molecular weight is 269 g/mol. The highest BCUT2D eigenvalue weighted by molar-refractivity contribution is 5.73. The van der Waals surface area contributed by atoms with Gasteiger partial charge in [0.05, 0.1) is 6.20 Å². The molecule has 1 aliphatic rings. The van der Waals surface area contributed by atoms with Crippen LogP contribution in [-0.4, -0.2) is 23.3 Å². The smallest absolute Gasteiger partial charge is 0.0569 e. The van der Waals surface area contributed by atoms with Gasteiger partial charge in [0.25, 0.3) is 0 Å². The number of aromatic nitrogens is 2. The molecule has 106 valence electrons. The molecule has 0 spiro atoms. The predicted octanol–water partition coefficient (Wildman–Crippen LogP) is 3.47. The normalized spacial score (nSPS) is 16.6. The van der Waals surface area contributed by atoms with Crippen molar-refractivity contribution < 1.29 is 0 Å². The molecule has 3 heteroatoms. The maximum Gasteiger partial charge on any atom is 0.0569 e. The van der Waals surface area contributed by atoms with Crippen LogP contribution in [-0.2, 0) is 0 Å². The number of nitrogens with zero attached hydrogens (tertiary/aromatic N) is 1. The van der Waals surface area contributed by atoms with Gasteiger partial charge in [-0.05, 0) is 63.4 Å². The minimum Gasteiger partial charge on any atom is -0.317 e. The number of H-pyrrole nitrogens is 1. The van der Waals surface area contributed by atoms with Crippen LogP contribution in [0, 0.1) is 20.8 Å². The standard InChI is InChI=1S/C17H23N3/c1-11-8-12(2)16(13(3)9-11)15-10-19-20-17(15)14-4-6-18-7-5-14/h8-10,14,18H,4-7H2,1-3H3,(H,19,20). The molecule has 1 fully saturated rings. The van der Waals surface area contributed by atoms with Gasteiger partial charge < -0.3 is 5.32 Å². The lowest BCUT2D eigenvalue weighted by Gasteiger charge is -2.23. The van der Waals surface area contributed by atoms with Crippen LogP contribution >= 0.6 is 0 Å². The first kappa shape index (κ1) is 13.4. The van der Waals surface area contributed by atoms with E-state index >= 15 is 0 Å². The Morgan fingerprint density at radius 3 is 2.35 bits per heavy atom. The SMILES string of the molecule is Cc1cc(C)c(-c2cn[nH]c2C2CCNCC2)c(C)c1. The van der Waals surface area contributed by atoms with Gasteiger partial charge in [-0.2, -0.15) is 5.10 Å². The molecule has 0 unspecified atom stereocenters. The summed E-state index contributed by atoms with van der Waals surface area (Å²) in [6.45, 7) is 8.78. The summed E-state index contributed by atoms with van der Waals surface area (Å²) in [7, 11) is 0. The van der Waals surface area contributed by atoms with E-state index in [0.717, 1.165) is 13.1 Å². The molecule has 20 heavy (non-hydrogen) atoms. The van der Waals surface area contributed by atoms with Gasteiger partial charge in [-0.25, -0.2) is 0 Å². The first-order valence-corrected chi connectivity index (χ1v) is 7.49. The molecule has 2 aromatic rings. The van der Waals surface area contributed by atoms with Crippen molar-refractivity contribution in [3.63, 3.8) is 0 Å². The van der Waals surface area contributed by atoms with Crippen molar-refractivity contribution in [2.75, 3.05) is 13.1 Å². The monoisotopic (exact) mass is 269 g/mol. The van der Waals surface area contributed by atoms with Gasteiger partial charge in [0, 0.05) is 17.2 Å². The predicted molar refractivity (Wildman–Crippen MR) is 83.1 cm³/mol. The largest absolute Gasteiger partial charge is 0.317 e. The summed E-state index contributed by atoms with van der Waals surface area (Å²) in [5, 5.41) is 11.0. The van der Waals surface area contributed by atoms with E-state index in [9.17, 15) is 0 Å². The third kappa shape index (κ3) is 2.38. The van der Waals surface area contributed by atoms with Gasteiger partial charge in [-0.1, -0.05) is 17.7 Å². The maximum atomic E-state index is 4.33. The molecule has 0 bridgehead atoms. The highest BCUT2D eigenvalue weighted by Crippen LogP contribution is 2.35. The topological polar surface area (TPSA) is 40.7 Å². The molecular weight excluding hydrogens is 246 g/mol. The van der Waals surface area contributed by atoms with E-state index in [0.29, 0.717) is 5.92 Å². The lowest BCUT2D eigenvalue weighted by atomic mass is 9.87. The van der Waals surface area contributed by atoms with Gasteiger partial charge in [0.2, 0.25) is 0 Å². The van der Waals surface area contributed by atoms with E-state index in [4.69, 9.17) is 0 Å². The number of benzene rings is 1. The Hall–Kier alpha value is -1.61. The number of nitrogens with one attached hydrogen (secondary N) is 2. The maximum absolute atomic E-state index is 4.33. The first-order valence-electron chi connectivity index (χ1n) is 7.49. The van der Waals surface area contributed by atoms with Crippen molar-refractivity contribution in [2.24, 2.45) is 0 Å². The number of hydrogen-bond acceptors (Lipinski definition) is 2. The first-order chi connectivity index (χ1) is 9.66. The van der Waals surface area contributed by atoms with Crippen molar-refractivity contribution in [1.82, 2.24) is 15.5 Å². The van der Waals surface area contributed by atoms with Crippen LogP contribution in [0.4, 0.5) is 0 Å². The quantitative estimate of drug-likeness (QED) is 0.876.